The summed E-state index contributed by atoms with van der Waals surface area (Å²) in [6.45, 7) is 7.20. The molecule has 0 radical (unpaired) electrons. The largest absolute Gasteiger partial charge is 0.480 e. The number of ketones is 3. The van der Waals surface area contributed by atoms with E-state index in [0.717, 1.165) is 0 Å². The summed E-state index contributed by atoms with van der Waals surface area (Å²) in [4.78, 5) is 93.7. The number of fused-ring (bicyclic) bond motifs is 1. The van der Waals surface area contributed by atoms with Crippen LogP contribution in [0.4, 0.5) is 4.79 Å². The number of rotatable bonds is 8. The Morgan fingerprint density at radius 1 is 0.917 bits per heavy atom. The average molecular weight is 667 g/mol. The Labute approximate surface area is 278 Å². The second kappa shape index (κ2) is 14.9. The number of hydrogen-bond donors (Lipinski definition) is 3. The van der Waals surface area contributed by atoms with Crippen LogP contribution < -0.4 is 5.73 Å². The molecular formula is C35H42N2O11. The zero-order valence-corrected chi connectivity index (χ0v) is 27.6. The van der Waals surface area contributed by atoms with E-state index in [1.54, 1.807) is 71.0 Å². The first-order chi connectivity index (χ1) is 22.4. The molecule has 1 heterocycles. The summed E-state index contributed by atoms with van der Waals surface area (Å²) in [7, 11) is 0. The average Bonchev–Trinajstić information content (AvgIpc) is 3.31. The van der Waals surface area contributed by atoms with E-state index >= 15 is 0 Å². The van der Waals surface area contributed by atoms with Crippen LogP contribution in [0.1, 0.15) is 69.8 Å². The molecule has 48 heavy (non-hydrogen) atoms. The maximum absolute atomic E-state index is 14.4. The molecule has 258 valence electrons. The lowest BCUT2D eigenvalue weighted by molar-refractivity contribution is -0.166. The lowest BCUT2D eigenvalue weighted by atomic mass is 9.57. The van der Waals surface area contributed by atoms with Crippen molar-refractivity contribution in [1.29, 1.82) is 0 Å². The molecule has 1 saturated heterocycles. The molecule has 4 N–H and O–H groups in total. The van der Waals surface area contributed by atoms with Gasteiger partial charge in [-0.2, -0.15) is 0 Å². The Morgan fingerprint density at radius 3 is 1.94 bits per heavy atom. The van der Waals surface area contributed by atoms with Crippen molar-refractivity contribution >= 4 is 41.4 Å². The molecular weight excluding hydrogens is 624 g/mol. The second-order valence-electron chi connectivity index (χ2n) is 13.1. The molecule has 2 aromatic carbocycles. The number of nitrogens with zero attached hydrogens (tertiary/aromatic N) is 1. The monoisotopic (exact) mass is 666 g/mol. The minimum absolute atomic E-state index is 0.0208. The fourth-order valence-corrected chi connectivity index (χ4v) is 6.04. The highest BCUT2D eigenvalue weighted by Crippen LogP contribution is 2.56. The van der Waals surface area contributed by atoms with E-state index in [4.69, 9.17) is 20.3 Å². The normalized spacial score (nSPS) is 22.8. The van der Waals surface area contributed by atoms with Gasteiger partial charge in [0.15, 0.2) is 17.3 Å². The maximum Gasteiger partial charge on any atom is 0.411 e. The topological polar surface area (TPSA) is 208 Å². The van der Waals surface area contributed by atoms with Crippen molar-refractivity contribution in [3.63, 3.8) is 0 Å². The predicted octanol–water partition coefficient (Wildman–Crippen LogP) is 3.67. The van der Waals surface area contributed by atoms with Gasteiger partial charge in [0.1, 0.15) is 23.7 Å². The molecule has 1 aliphatic carbocycles. The van der Waals surface area contributed by atoms with Gasteiger partial charge in [0, 0.05) is 24.9 Å². The van der Waals surface area contributed by atoms with Crippen LogP contribution in [0.25, 0.3) is 0 Å². The van der Waals surface area contributed by atoms with Crippen molar-refractivity contribution in [2.45, 2.75) is 77.7 Å². The summed E-state index contributed by atoms with van der Waals surface area (Å²) in [6.07, 6.45) is -2.02. The molecule has 2 fully saturated rings. The number of likely N-dealkylation sites (tertiary alicyclic amines) is 1. The van der Waals surface area contributed by atoms with Gasteiger partial charge in [0.05, 0.1) is 5.92 Å². The fourth-order valence-electron chi connectivity index (χ4n) is 6.04. The minimum Gasteiger partial charge on any atom is -0.480 e. The van der Waals surface area contributed by atoms with E-state index in [2.05, 4.69) is 0 Å². The van der Waals surface area contributed by atoms with Crippen LogP contribution >= 0.6 is 0 Å². The number of amides is 1. The van der Waals surface area contributed by atoms with Gasteiger partial charge in [-0.3, -0.25) is 28.9 Å². The summed E-state index contributed by atoms with van der Waals surface area (Å²) >= 11 is 0. The van der Waals surface area contributed by atoms with E-state index in [1.165, 1.54) is 24.3 Å². The Morgan fingerprint density at radius 2 is 1.46 bits per heavy atom. The van der Waals surface area contributed by atoms with Crippen LogP contribution in [0.3, 0.4) is 0 Å². The molecule has 0 spiro atoms. The minimum atomic E-state index is -3.02. The first-order valence-corrected chi connectivity index (χ1v) is 15.5. The fraction of sp³-hybridized carbons (Fsp3) is 0.457. The maximum atomic E-state index is 14.4. The van der Waals surface area contributed by atoms with Crippen LogP contribution in [-0.4, -0.2) is 80.2 Å². The van der Waals surface area contributed by atoms with Crippen LogP contribution in [0.15, 0.2) is 60.7 Å². The lowest BCUT2D eigenvalue weighted by Gasteiger charge is -2.43. The smallest absolute Gasteiger partial charge is 0.411 e. The van der Waals surface area contributed by atoms with Crippen LogP contribution in [-0.2, 0) is 40.1 Å². The lowest BCUT2D eigenvalue weighted by Crippen LogP contribution is -2.71. The Hall–Kier alpha value is -4.91. The van der Waals surface area contributed by atoms with E-state index in [9.17, 15) is 38.7 Å². The Balaban J connectivity index is 0.000000694. The van der Waals surface area contributed by atoms with E-state index < -0.39 is 82.8 Å². The summed E-state index contributed by atoms with van der Waals surface area (Å²) in [5.74, 6) is -8.64. The molecule has 2 unspecified atom stereocenters. The summed E-state index contributed by atoms with van der Waals surface area (Å²) in [5, 5.41) is 19.0. The molecule has 1 saturated carbocycles. The standard InChI is InChI=1S/C30H31NO9.C5H11NO2/c1-28(2,3)40-27(38)31-17-21(25(35)39-18-19-11-6-4-7-12-19)29(24(34)20-13-8-5-9-14-20)22(32)15-10-16-23(33)30(29,31)26(36)37;1-3(2)4(6)5(7)8/h4-9,11-14,21H,10,15-18H2,1-3H3,(H,36,37);3-4H,6H2,1-2H3,(H,7,8)/t21?,29?,30-;4-/m01/s1. The number of benzene rings is 2. The number of carbonyl (C=O) groups is 7. The summed E-state index contributed by atoms with van der Waals surface area (Å²) < 4.78 is 11.0. The van der Waals surface area contributed by atoms with Gasteiger partial charge in [-0.25, -0.2) is 9.59 Å². The summed E-state index contributed by atoms with van der Waals surface area (Å²) in [5.41, 5.74) is -1.23. The number of carboxylic acid groups (broad SMARTS) is 2. The zero-order chi connectivity index (χ0) is 36.0. The predicted molar refractivity (Wildman–Crippen MR) is 171 cm³/mol. The molecule has 1 aliphatic heterocycles. The van der Waals surface area contributed by atoms with Crippen LogP contribution in [0, 0.1) is 17.3 Å². The van der Waals surface area contributed by atoms with Gasteiger partial charge in [0.25, 0.3) is 0 Å². The molecule has 2 aromatic rings. The highest BCUT2D eigenvalue weighted by molar-refractivity contribution is 6.29. The van der Waals surface area contributed by atoms with Crippen LogP contribution in [0.2, 0.25) is 0 Å². The number of aliphatic carboxylic acids is 2. The molecule has 4 rings (SSSR count). The number of hydrogen-bond acceptors (Lipinski definition) is 10. The zero-order valence-electron chi connectivity index (χ0n) is 27.6. The van der Waals surface area contributed by atoms with Gasteiger partial charge in [-0.05, 0) is 38.7 Å². The van der Waals surface area contributed by atoms with Crippen molar-refractivity contribution in [3.8, 4) is 0 Å². The van der Waals surface area contributed by atoms with Crippen LogP contribution in [0.5, 0.6) is 0 Å². The SMILES string of the molecule is CC(C)(C)OC(=O)N1CC(C(=O)OCc2ccccc2)C2(C(=O)c3ccccc3)C(=O)CCCC(=O)[C@@]12C(=O)O.CC(C)[C@@H](N)C(=O)O. The Bertz CT molecular complexity index is 1550. The first-order valence-electron chi connectivity index (χ1n) is 15.5. The molecule has 13 heteroatoms. The number of nitrogens with two attached hydrogens (primary N) is 1. The molecule has 13 nitrogen and oxygen atoms in total. The third-order valence-corrected chi connectivity index (χ3v) is 8.34. The third kappa shape index (κ3) is 7.15. The quantitative estimate of drug-likeness (QED) is 0.210. The van der Waals surface area contributed by atoms with Gasteiger partial charge in [-0.1, -0.05) is 74.5 Å². The van der Waals surface area contributed by atoms with Crippen molar-refractivity contribution in [3.05, 3.63) is 71.8 Å². The van der Waals surface area contributed by atoms with Gasteiger partial charge in [0.2, 0.25) is 5.54 Å². The molecule has 0 bridgehead atoms. The van der Waals surface area contributed by atoms with Gasteiger partial charge in [-0.15, -0.1) is 0 Å². The Kier molecular flexibility index (Phi) is 11.6. The van der Waals surface area contributed by atoms with Crippen molar-refractivity contribution in [2.75, 3.05) is 6.54 Å². The number of carbonyl (C=O) groups excluding carboxylic acids is 5. The van der Waals surface area contributed by atoms with E-state index in [-0.39, 0.29) is 30.9 Å². The summed E-state index contributed by atoms with van der Waals surface area (Å²) in [6, 6.07) is 15.3. The number of esters is 1. The molecule has 2 aliphatic rings. The van der Waals surface area contributed by atoms with E-state index in [1.807, 2.05) is 0 Å². The highest BCUT2D eigenvalue weighted by atomic mass is 16.6. The number of carboxylic acids is 2. The molecule has 1 amide bonds. The van der Waals surface area contributed by atoms with Gasteiger partial charge < -0.3 is 25.4 Å². The highest BCUT2D eigenvalue weighted by Gasteiger charge is 2.81. The second-order valence-corrected chi connectivity index (χ2v) is 13.1. The van der Waals surface area contributed by atoms with Crippen molar-refractivity contribution in [1.82, 2.24) is 4.90 Å². The third-order valence-electron chi connectivity index (χ3n) is 8.34. The number of Topliss-reactive ketones (excluding diaryl/α,β-unsaturated/α-hetero) is 3. The van der Waals surface area contributed by atoms with Crippen molar-refractivity contribution in [2.24, 2.45) is 23.0 Å². The number of ether oxygens (including phenoxy) is 2. The molecule has 4 atom stereocenters. The van der Waals surface area contributed by atoms with Crippen molar-refractivity contribution < 1.29 is 53.2 Å². The molecule has 0 aromatic heterocycles. The van der Waals surface area contributed by atoms with E-state index in [0.29, 0.717) is 10.5 Å². The van der Waals surface area contributed by atoms with Gasteiger partial charge >= 0.3 is 24.0 Å². The first kappa shape index (κ1) is 37.5.